The third-order valence-electron chi connectivity index (χ3n) is 4.56. The van der Waals surface area contributed by atoms with Gasteiger partial charge in [0.15, 0.2) is 0 Å². The van der Waals surface area contributed by atoms with Crippen molar-refractivity contribution in [1.82, 2.24) is 9.97 Å². The molecular formula is C17H21N4S2+. The van der Waals surface area contributed by atoms with Crippen molar-refractivity contribution >= 4 is 38.7 Å². The number of rotatable bonds is 5. The fraction of sp³-hybridized carbons (Fsp3) is 0.412. The highest BCUT2D eigenvalue weighted by Gasteiger charge is 2.23. The lowest BCUT2D eigenvalue weighted by atomic mass is 10.1. The lowest BCUT2D eigenvalue weighted by Gasteiger charge is -2.21. The van der Waals surface area contributed by atoms with E-state index in [9.17, 15) is 0 Å². The highest BCUT2D eigenvalue weighted by molar-refractivity contribution is 7.19. The van der Waals surface area contributed by atoms with Crippen molar-refractivity contribution < 1.29 is 4.90 Å². The lowest BCUT2D eigenvalue weighted by Crippen LogP contribution is -3.06. The Balaban J connectivity index is 1.63. The van der Waals surface area contributed by atoms with Crippen molar-refractivity contribution in [2.45, 2.75) is 25.3 Å². The Bertz CT molecular complexity index is 807. The maximum atomic E-state index is 4.55. The van der Waals surface area contributed by atoms with Crippen LogP contribution in [0.3, 0.4) is 0 Å². The van der Waals surface area contributed by atoms with E-state index in [1.807, 2.05) is 22.7 Å². The van der Waals surface area contributed by atoms with Crippen LogP contribution in [0, 0.1) is 0 Å². The van der Waals surface area contributed by atoms with Crippen LogP contribution < -0.4 is 10.2 Å². The molecule has 0 aliphatic heterocycles. The number of fused-ring (bicyclic) bond motifs is 3. The number of nitrogens with zero attached hydrogens (tertiary/aromatic N) is 2. The number of thiophene rings is 2. The van der Waals surface area contributed by atoms with Crippen LogP contribution in [0.2, 0.25) is 0 Å². The van der Waals surface area contributed by atoms with Gasteiger partial charge in [0.25, 0.3) is 0 Å². The van der Waals surface area contributed by atoms with Crippen LogP contribution in [-0.4, -0.2) is 30.6 Å². The number of aromatic nitrogens is 2. The fourth-order valence-corrected chi connectivity index (χ4v) is 5.52. The zero-order valence-electron chi connectivity index (χ0n) is 13.4. The summed E-state index contributed by atoms with van der Waals surface area (Å²) in [5.74, 6) is 1.01. The number of quaternary nitrogens is 1. The molecule has 2 N–H and O–H groups in total. The van der Waals surface area contributed by atoms with Gasteiger partial charge in [0.2, 0.25) is 0 Å². The summed E-state index contributed by atoms with van der Waals surface area (Å²) < 4.78 is 0. The fourth-order valence-electron chi connectivity index (χ4n) is 3.34. The van der Waals surface area contributed by atoms with Crippen LogP contribution in [0.4, 0.5) is 5.82 Å². The molecule has 0 aromatic carbocycles. The molecular weight excluding hydrogens is 324 g/mol. The Labute approximate surface area is 144 Å². The first kappa shape index (κ1) is 15.1. The average Bonchev–Trinajstić information content (AvgIpc) is 3.23. The average molecular weight is 346 g/mol. The van der Waals surface area contributed by atoms with Crippen LogP contribution in [0.15, 0.2) is 23.8 Å². The largest absolute Gasteiger partial charge is 0.363 e. The number of nitrogens with one attached hydrogen (secondary N) is 2. The van der Waals surface area contributed by atoms with Gasteiger partial charge in [-0.25, -0.2) is 9.97 Å². The zero-order chi connectivity index (χ0) is 15.8. The number of aryl methyl sites for hydroxylation is 2. The molecule has 120 valence electrons. The smallest absolute Gasteiger partial charge is 0.139 e. The Hall–Kier alpha value is -1.50. The summed E-state index contributed by atoms with van der Waals surface area (Å²) in [5.41, 5.74) is 1.48. The topological polar surface area (TPSA) is 42.2 Å². The minimum atomic E-state index is 0.437. The first-order chi connectivity index (χ1) is 11.2. The molecule has 0 radical (unpaired) electrons. The van der Waals surface area contributed by atoms with Gasteiger partial charge in [-0.1, -0.05) is 6.07 Å². The first-order valence-electron chi connectivity index (χ1n) is 8.06. The normalized spacial score (nSPS) is 15.3. The molecule has 1 aliphatic rings. The molecule has 1 aliphatic carbocycles. The van der Waals surface area contributed by atoms with Crippen molar-refractivity contribution in [3.05, 3.63) is 39.2 Å². The molecule has 0 bridgehead atoms. The van der Waals surface area contributed by atoms with Gasteiger partial charge in [0.1, 0.15) is 23.0 Å². The van der Waals surface area contributed by atoms with Crippen LogP contribution >= 0.6 is 22.7 Å². The number of anilines is 1. The molecule has 3 aromatic rings. The predicted octanol–water partition coefficient (Wildman–Crippen LogP) is 2.54. The summed E-state index contributed by atoms with van der Waals surface area (Å²) in [6.45, 7) is 0.888. The Morgan fingerprint density at radius 1 is 1.30 bits per heavy atom. The second-order valence-corrected chi connectivity index (χ2v) is 8.35. The molecule has 3 aromatic heterocycles. The molecule has 0 saturated heterocycles. The van der Waals surface area contributed by atoms with Crippen LogP contribution in [0.1, 0.15) is 27.8 Å². The molecule has 0 saturated carbocycles. The summed E-state index contributed by atoms with van der Waals surface area (Å²) >= 11 is 3.67. The van der Waals surface area contributed by atoms with E-state index >= 15 is 0 Å². The van der Waals surface area contributed by atoms with E-state index in [1.54, 1.807) is 6.33 Å². The second kappa shape index (κ2) is 6.19. The van der Waals surface area contributed by atoms with Crippen molar-refractivity contribution in [2.75, 3.05) is 26.0 Å². The molecule has 6 heteroatoms. The van der Waals surface area contributed by atoms with Crippen molar-refractivity contribution in [3.63, 3.8) is 0 Å². The van der Waals surface area contributed by atoms with Crippen LogP contribution in [0.25, 0.3) is 10.2 Å². The number of likely N-dealkylation sites (N-methyl/N-ethyl adjacent to an activating group) is 1. The summed E-state index contributed by atoms with van der Waals surface area (Å²) in [7, 11) is 4.42. The third kappa shape index (κ3) is 2.75. The molecule has 0 fully saturated rings. The van der Waals surface area contributed by atoms with E-state index in [0.29, 0.717) is 6.04 Å². The predicted molar refractivity (Wildman–Crippen MR) is 97.8 cm³/mol. The molecule has 0 amide bonds. The summed E-state index contributed by atoms with van der Waals surface area (Å²) in [5, 5.41) is 7.03. The van der Waals surface area contributed by atoms with Gasteiger partial charge in [-0.15, -0.1) is 22.7 Å². The molecule has 1 atom stereocenters. The summed E-state index contributed by atoms with van der Waals surface area (Å²) in [4.78, 5) is 14.5. The van der Waals surface area contributed by atoms with E-state index in [0.717, 1.165) is 17.2 Å². The minimum Gasteiger partial charge on any atom is -0.363 e. The standard InChI is InChI=1S/C17H20N4S2/c1-21(2)12(14-7-4-8-22-14)9-18-16-15-11-5-3-6-13(11)23-17(15)20-10-19-16/h4,7-8,10,12H,3,5-6,9H2,1-2H3,(H,18,19,20)/p+1/t12-/m0/s1. The molecule has 4 nitrogen and oxygen atoms in total. The van der Waals surface area contributed by atoms with Gasteiger partial charge in [0.05, 0.1) is 30.9 Å². The quantitative estimate of drug-likeness (QED) is 0.747. The monoisotopic (exact) mass is 345 g/mol. The molecule has 23 heavy (non-hydrogen) atoms. The van der Waals surface area contributed by atoms with Crippen LogP contribution in [-0.2, 0) is 12.8 Å². The Morgan fingerprint density at radius 3 is 3.00 bits per heavy atom. The van der Waals surface area contributed by atoms with E-state index in [4.69, 9.17) is 0 Å². The number of hydrogen-bond donors (Lipinski definition) is 2. The van der Waals surface area contributed by atoms with E-state index < -0.39 is 0 Å². The van der Waals surface area contributed by atoms with Gasteiger partial charge < -0.3 is 10.2 Å². The summed E-state index contributed by atoms with van der Waals surface area (Å²) in [6.07, 6.45) is 5.34. The van der Waals surface area contributed by atoms with Crippen molar-refractivity contribution in [2.24, 2.45) is 0 Å². The maximum Gasteiger partial charge on any atom is 0.139 e. The molecule has 0 unspecified atom stereocenters. The highest BCUT2D eigenvalue weighted by atomic mass is 32.1. The van der Waals surface area contributed by atoms with Gasteiger partial charge in [-0.05, 0) is 36.3 Å². The maximum absolute atomic E-state index is 4.55. The lowest BCUT2D eigenvalue weighted by molar-refractivity contribution is -0.889. The first-order valence-corrected chi connectivity index (χ1v) is 9.76. The van der Waals surface area contributed by atoms with Crippen molar-refractivity contribution in [3.8, 4) is 0 Å². The second-order valence-electron chi connectivity index (χ2n) is 6.29. The van der Waals surface area contributed by atoms with Gasteiger partial charge >= 0.3 is 0 Å². The zero-order valence-corrected chi connectivity index (χ0v) is 15.1. The number of hydrogen-bond acceptors (Lipinski definition) is 5. The van der Waals surface area contributed by atoms with Gasteiger partial charge in [-0.3, -0.25) is 0 Å². The minimum absolute atomic E-state index is 0.437. The Morgan fingerprint density at radius 2 is 2.22 bits per heavy atom. The van der Waals surface area contributed by atoms with E-state index in [1.165, 1.54) is 44.9 Å². The van der Waals surface area contributed by atoms with Crippen LogP contribution in [0.5, 0.6) is 0 Å². The van der Waals surface area contributed by atoms with Gasteiger partial charge in [0, 0.05) is 4.88 Å². The third-order valence-corrected chi connectivity index (χ3v) is 6.74. The van der Waals surface area contributed by atoms with E-state index in [-0.39, 0.29) is 0 Å². The van der Waals surface area contributed by atoms with Gasteiger partial charge in [-0.2, -0.15) is 0 Å². The van der Waals surface area contributed by atoms with Crippen molar-refractivity contribution in [1.29, 1.82) is 0 Å². The Kier molecular flexibility index (Phi) is 4.05. The molecule has 0 spiro atoms. The SMILES string of the molecule is C[NH+](C)[C@@H](CNc1ncnc2sc3c(c12)CCC3)c1cccs1. The molecule has 3 heterocycles. The molecule has 4 rings (SSSR count). The highest BCUT2D eigenvalue weighted by Crippen LogP contribution is 2.39. The summed E-state index contributed by atoms with van der Waals surface area (Å²) in [6, 6.07) is 4.79. The van der Waals surface area contributed by atoms with E-state index in [2.05, 4.69) is 46.9 Å².